The smallest absolute Gasteiger partial charge is 0.270 e. The van der Waals surface area contributed by atoms with Crippen molar-refractivity contribution in [2.24, 2.45) is 5.16 Å². The summed E-state index contributed by atoms with van der Waals surface area (Å²) in [5, 5.41) is 23.7. The number of aromatic hydroxyl groups is 1. The number of rotatable bonds is 7. The van der Waals surface area contributed by atoms with Crippen LogP contribution < -0.4 is 14.8 Å². The van der Waals surface area contributed by atoms with Gasteiger partial charge in [-0.2, -0.15) is 0 Å². The molecule has 0 spiro atoms. The number of halogens is 2. The van der Waals surface area contributed by atoms with E-state index in [0.29, 0.717) is 32.3 Å². The Hall–Kier alpha value is -3.09. The Labute approximate surface area is 200 Å². The lowest BCUT2D eigenvalue weighted by atomic mass is 10.3. The van der Waals surface area contributed by atoms with Crippen LogP contribution in [0.2, 0.25) is 0 Å². The first kappa shape index (κ1) is 23.6. The van der Waals surface area contributed by atoms with Gasteiger partial charge in [0, 0.05) is 17.4 Å². The average molecular weight is 585 g/mol. The molecule has 166 valence electrons. The number of ether oxygens (including phenoxy) is 1. The second kappa shape index (κ2) is 10.0. The van der Waals surface area contributed by atoms with Crippen LogP contribution in [0.25, 0.3) is 0 Å². The van der Waals surface area contributed by atoms with Gasteiger partial charge >= 0.3 is 0 Å². The number of benzene rings is 3. The van der Waals surface area contributed by atoms with Gasteiger partial charge in [0.25, 0.3) is 15.9 Å². The van der Waals surface area contributed by atoms with Crippen LogP contribution in [0.5, 0.6) is 17.2 Å². The van der Waals surface area contributed by atoms with Gasteiger partial charge in [0.2, 0.25) is 0 Å². The number of carbonyl (C=O) groups excluding carboxylic acids is 1. The van der Waals surface area contributed by atoms with Crippen LogP contribution in [0.15, 0.2) is 79.7 Å². The van der Waals surface area contributed by atoms with Crippen molar-refractivity contribution < 1.29 is 28.3 Å². The molecule has 0 saturated carbocycles. The molecule has 0 fully saturated rings. The lowest BCUT2D eigenvalue weighted by molar-refractivity contribution is -0.110. The summed E-state index contributed by atoms with van der Waals surface area (Å²) in [4.78, 5) is 11.2. The molecule has 0 radical (unpaired) electrons. The molecule has 0 aliphatic carbocycles. The first-order valence-corrected chi connectivity index (χ1v) is 11.8. The van der Waals surface area contributed by atoms with Gasteiger partial charge in [-0.3, -0.25) is 9.52 Å². The van der Waals surface area contributed by atoms with Crippen LogP contribution in [0.1, 0.15) is 0 Å². The number of nitrogens with zero attached hydrogens (tertiary/aromatic N) is 1. The zero-order chi connectivity index (χ0) is 23.3. The lowest BCUT2D eigenvalue weighted by Crippen LogP contribution is -2.13. The number of nitrogens with one attached hydrogen (secondary N) is 2. The van der Waals surface area contributed by atoms with E-state index in [9.17, 15) is 18.3 Å². The van der Waals surface area contributed by atoms with Crippen LogP contribution >= 0.6 is 31.9 Å². The Bertz CT molecular complexity index is 1260. The van der Waals surface area contributed by atoms with Crippen molar-refractivity contribution in [1.29, 1.82) is 0 Å². The van der Waals surface area contributed by atoms with Crippen molar-refractivity contribution in [3.8, 4) is 17.2 Å². The van der Waals surface area contributed by atoms with E-state index in [-0.39, 0.29) is 10.6 Å². The SMILES string of the molecule is O=C(/C=N/O)Nc1cc(Br)c(Oc2ccc(O)c(S(=O)(=O)Nc3ccccc3)c2)c(Br)c1. The molecule has 0 saturated heterocycles. The van der Waals surface area contributed by atoms with E-state index in [1.165, 1.54) is 30.3 Å². The molecular formula is C20H15Br2N3O6S. The predicted molar refractivity (Wildman–Crippen MR) is 126 cm³/mol. The standard InChI is InChI=1S/C20H15Br2N3O6S/c21-15-8-13(24-19(27)11-23-28)9-16(22)20(15)31-14-6-7-17(26)18(10-14)32(29,30)25-12-4-2-1-3-5-12/h1-11,25-26,28H,(H,24,27)/b23-11+. The molecule has 0 aliphatic rings. The Morgan fingerprint density at radius 2 is 1.66 bits per heavy atom. The van der Waals surface area contributed by atoms with E-state index in [1.807, 2.05) is 0 Å². The van der Waals surface area contributed by atoms with Crippen LogP contribution in [-0.4, -0.2) is 30.9 Å². The summed E-state index contributed by atoms with van der Waals surface area (Å²) in [6, 6.07) is 15.1. The maximum Gasteiger partial charge on any atom is 0.270 e. The number of phenolic OH excluding ortho intramolecular Hbond substituents is 1. The first-order valence-electron chi connectivity index (χ1n) is 8.76. The summed E-state index contributed by atoms with van der Waals surface area (Å²) >= 11 is 6.66. The molecule has 12 heteroatoms. The third kappa shape index (κ3) is 5.78. The molecule has 3 rings (SSSR count). The Kier molecular flexibility index (Phi) is 7.38. The van der Waals surface area contributed by atoms with Crippen molar-refractivity contribution in [2.75, 3.05) is 10.0 Å². The molecule has 4 N–H and O–H groups in total. The molecule has 9 nitrogen and oxygen atoms in total. The third-order valence-electron chi connectivity index (χ3n) is 3.91. The molecule has 32 heavy (non-hydrogen) atoms. The highest BCUT2D eigenvalue weighted by Crippen LogP contribution is 2.40. The Morgan fingerprint density at radius 3 is 2.28 bits per heavy atom. The fourth-order valence-corrected chi connectivity index (χ4v) is 5.08. The summed E-state index contributed by atoms with van der Waals surface area (Å²) in [7, 11) is -4.09. The molecule has 0 aliphatic heterocycles. The van der Waals surface area contributed by atoms with Gasteiger partial charge < -0.3 is 20.4 Å². The summed E-state index contributed by atoms with van der Waals surface area (Å²) in [6.45, 7) is 0. The van der Waals surface area contributed by atoms with E-state index in [1.54, 1.807) is 30.3 Å². The number of carbonyl (C=O) groups is 1. The highest BCUT2D eigenvalue weighted by atomic mass is 79.9. The summed E-state index contributed by atoms with van der Waals surface area (Å²) < 4.78 is 34.6. The summed E-state index contributed by atoms with van der Waals surface area (Å²) in [6.07, 6.45) is 0.702. The Morgan fingerprint density at radius 1 is 1.00 bits per heavy atom. The van der Waals surface area contributed by atoms with Crippen molar-refractivity contribution >= 4 is 65.4 Å². The average Bonchev–Trinajstić information content (AvgIpc) is 2.72. The van der Waals surface area contributed by atoms with E-state index in [4.69, 9.17) is 9.94 Å². The fraction of sp³-hybridized carbons (Fsp3) is 0. The minimum atomic E-state index is -4.09. The van der Waals surface area contributed by atoms with E-state index >= 15 is 0 Å². The van der Waals surface area contributed by atoms with Crippen molar-refractivity contribution in [2.45, 2.75) is 4.90 Å². The fourth-order valence-electron chi connectivity index (χ4n) is 2.56. The molecule has 1 amide bonds. The highest BCUT2D eigenvalue weighted by Gasteiger charge is 2.21. The predicted octanol–water partition coefficient (Wildman–Crippen LogP) is 4.91. The van der Waals surface area contributed by atoms with Gasteiger partial charge in [0.05, 0.1) is 8.95 Å². The number of hydrogen-bond donors (Lipinski definition) is 4. The molecule has 0 heterocycles. The van der Waals surface area contributed by atoms with Gasteiger partial charge in [-0.05, 0) is 68.3 Å². The molecule has 0 atom stereocenters. The zero-order valence-electron chi connectivity index (χ0n) is 16.0. The minimum Gasteiger partial charge on any atom is -0.507 e. The quantitative estimate of drug-likeness (QED) is 0.177. The van der Waals surface area contributed by atoms with Gasteiger partial charge in [0.15, 0.2) is 5.75 Å². The van der Waals surface area contributed by atoms with Gasteiger partial charge in [-0.1, -0.05) is 23.4 Å². The van der Waals surface area contributed by atoms with E-state index < -0.39 is 21.7 Å². The maximum atomic E-state index is 12.7. The normalized spacial score (nSPS) is 11.3. The second-order valence-electron chi connectivity index (χ2n) is 6.21. The number of hydrogen-bond acceptors (Lipinski definition) is 7. The number of para-hydroxylation sites is 1. The topological polar surface area (TPSA) is 137 Å². The van der Waals surface area contributed by atoms with Crippen LogP contribution in [0.3, 0.4) is 0 Å². The van der Waals surface area contributed by atoms with Crippen molar-refractivity contribution in [1.82, 2.24) is 0 Å². The molecule has 0 bridgehead atoms. The number of oxime groups is 1. The summed E-state index contributed by atoms with van der Waals surface area (Å²) in [5.74, 6) is -0.646. The Balaban J connectivity index is 1.88. The molecular weight excluding hydrogens is 570 g/mol. The highest BCUT2D eigenvalue weighted by molar-refractivity contribution is 9.11. The number of sulfonamides is 1. The maximum absolute atomic E-state index is 12.7. The number of anilines is 2. The van der Waals surface area contributed by atoms with E-state index in [2.05, 4.69) is 47.1 Å². The van der Waals surface area contributed by atoms with Gasteiger partial charge in [0.1, 0.15) is 22.6 Å². The monoisotopic (exact) mass is 583 g/mol. The van der Waals surface area contributed by atoms with Crippen LogP contribution in [0.4, 0.5) is 11.4 Å². The molecule has 0 aromatic heterocycles. The second-order valence-corrected chi connectivity index (χ2v) is 9.57. The van der Waals surface area contributed by atoms with Crippen LogP contribution in [-0.2, 0) is 14.8 Å². The number of phenols is 1. The zero-order valence-corrected chi connectivity index (χ0v) is 20.0. The largest absolute Gasteiger partial charge is 0.507 e. The molecule has 0 unspecified atom stereocenters. The first-order chi connectivity index (χ1) is 15.2. The van der Waals surface area contributed by atoms with Gasteiger partial charge in [-0.15, -0.1) is 0 Å². The van der Waals surface area contributed by atoms with Crippen molar-refractivity contribution in [3.63, 3.8) is 0 Å². The molecule has 3 aromatic rings. The van der Waals surface area contributed by atoms with Crippen LogP contribution in [0, 0.1) is 0 Å². The van der Waals surface area contributed by atoms with E-state index in [0.717, 1.165) is 0 Å². The summed E-state index contributed by atoms with van der Waals surface area (Å²) in [5.41, 5.74) is 0.717. The number of amides is 1. The minimum absolute atomic E-state index is 0.141. The van der Waals surface area contributed by atoms with Crippen molar-refractivity contribution in [3.05, 3.63) is 69.6 Å². The lowest BCUT2D eigenvalue weighted by Gasteiger charge is -2.14. The molecule has 3 aromatic carbocycles. The third-order valence-corrected chi connectivity index (χ3v) is 6.50. The van der Waals surface area contributed by atoms with Gasteiger partial charge in [-0.25, -0.2) is 8.42 Å².